The minimum Gasteiger partial charge on any atom is -0.442 e. The van der Waals surface area contributed by atoms with Crippen LogP contribution in [0.15, 0.2) is 29.8 Å². The molecule has 4 rings (SSSR count). The zero-order chi connectivity index (χ0) is 24.5. The summed E-state index contributed by atoms with van der Waals surface area (Å²) in [4.78, 5) is 29.2. The van der Waals surface area contributed by atoms with Crippen molar-refractivity contribution in [2.45, 2.75) is 64.5 Å². The molecule has 0 bridgehead atoms. The van der Waals surface area contributed by atoms with Gasteiger partial charge >= 0.3 is 6.09 Å². The molecule has 3 aromatic rings. The summed E-state index contributed by atoms with van der Waals surface area (Å²) in [5.41, 5.74) is 1.27. The quantitative estimate of drug-likeness (QED) is 0.564. The molecule has 180 valence electrons. The maximum absolute atomic E-state index is 13.6. The second-order valence-corrected chi connectivity index (χ2v) is 9.24. The minimum absolute atomic E-state index is 0.174. The number of carbonyl (C=O) groups excluding carboxylic acids is 1. The molecule has 1 aliphatic rings. The highest BCUT2D eigenvalue weighted by atomic mass is 19.3. The van der Waals surface area contributed by atoms with Crippen LogP contribution in [0.4, 0.5) is 19.5 Å². The maximum Gasteiger partial charge on any atom is 0.434 e. The van der Waals surface area contributed by atoms with Crippen molar-refractivity contribution in [1.29, 1.82) is 0 Å². The van der Waals surface area contributed by atoms with Gasteiger partial charge in [0, 0.05) is 47.9 Å². The zero-order valence-electron chi connectivity index (χ0n) is 19.5. The van der Waals surface area contributed by atoms with Gasteiger partial charge < -0.3 is 10.1 Å². The lowest BCUT2D eigenvalue weighted by atomic mass is 9.93. The third-order valence-corrected chi connectivity index (χ3v) is 5.38. The number of halogens is 2. The number of nitrogens with zero attached hydrogens (tertiary/aromatic N) is 6. The van der Waals surface area contributed by atoms with Crippen LogP contribution >= 0.6 is 0 Å². The van der Waals surface area contributed by atoms with E-state index < -0.39 is 18.1 Å². The second-order valence-electron chi connectivity index (χ2n) is 9.24. The van der Waals surface area contributed by atoms with Crippen molar-refractivity contribution in [3.05, 3.63) is 30.5 Å². The van der Waals surface area contributed by atoms with Gasteiger partial charge in [0.1, 0.15) is 11.3 Å². The molecule has 34 heavy (non-hydrogen) atoms. The monoisotopic (exact) mass is 471 g/mol. The van der Waals surface area contributed by atoms with Gasteiger partial charge in [-0.15, -0.1) is 0 Å². The Hall–Kier alpha value is -3.50. The van der Waals surface area contributed by atoms with E-state index in [1.807, 2.05) is 0 Å². The van der Waals surface area contributed by atoms with E-state index in [4.69, 9.17) is 4.74 Å². The van der Waals surface area contributed by atoms with Crippen LogP contribution < -0.4 is 5.32 Å². The minimum atomic E-state index is -2.77. The molecule has 1 fully saturated rings. The summed E-state index contributed by atoms with van der Waals surface area (Å²) in [5, 5.41) is 7.57. The lowest BCUT2D eigenvalue weighted by molar-refractivity contribution is 0.0603. The predicted molar refractivity (Wildman–Crippen MR) is 124 cm³/mol. The van der Waals surface area contributed by atoms with E-state index in [-0.39, 0.29) is 23.1 Å². The van der Waals surface area contributed by atoms with Gasteiger partial charge in [0.15, 0.2) is 0 Å². The summed E-state index contributed by atoms with van der Waals surface area (Å²) in [5.74, 6) is 0.257. The molecule has 1 saturated carbocycles. The third kappa shape index (κ3) is 5.35. The van der Waals surface area contributed by atoms with Crippen molar-refractivity contribution in [3.63, 3.8) is 0 Å². The van der Waals surface area contributed by atoms with E-state index in [9.17, 15) is 13.6 Å². The number of carbonyl (C=O) groups is 1. The number of ether oxygens (including phenoxy) is 1. The average molecular weight is 472 g/mol. The molecule has 3 heterocycles. The molecule has 3 aromatic heterocycles. The van der Waals surface area contributed by atoms with Gasteiger partial charge in [0.05, 0.1) is 17.8 Å². The van der Waals surface area contributed by atoms with Gasteiger partial charge in [-0.25, -0.2) is 23.5 Å². The molecule has 1 aliphatic carbocycles. The SMILES string of the molecule is Cn1cc(-c2cnc(C(F)F)c3cnc(N[C@@H]4CCCCC4=NC(=O)OC(C)(C)C)nc23)cn1. The summed E-state index contributed by atoms with van der Waals surface area (Å²) >= 11 is 0. The van der Waals surface area contributed by atoms with Crippen LogP contribution in [0, 0.1) is 0 Å². The van der Waals surface area contributed by atoms with E-state index in [2.05, 4.69) is 30.4 Å². The lowest BCUT2D eigenvalue weighted by Crippen LogP contribution is -2.34. The molecule has 0 spiro atoms. The number of nitrogens with one attached hydrogen (secondary N) is 1. The van der Waals surface area contributed by atoms with Crippen LogP contribution in [0.25, 0.3) is 22.0 Å². The highest BCUT2D eigenvalue weighted by molar-refractivity contribution is 5.99. The fraction of sp³-hybridized carbons (Fsp3) is 0.478. The van der Waals surface area contributed by atoms with E-state index in [1.165, 1.54) is 12.4 Å². The molecule has 0 unspecified atom stereocenters. The number of fused-ring (bicyclic) bond motifs is 1. The maximum atomic E-state index is 13.6. The van der Waals surface area contributed by atoms with Crippen molar-refractivity contribution in [3.8, 4) is 11.1 Å². The van der Waals surface area contributed by atoms with Crippen molar-refractivity contribution in [1.82, 2.24) is 24.7 Å². The Bertz CT molecular complexity index is 1230. The van der Waals surface area contributed by atoms with E-state index in [0.717, 1.165) is 19.3 Å². The Kier molecular flexibility index (Phi) is 6.54. The largest absolute Gasteiger partial charge is 0.442 e. The van der Waals surface area contributed by atoms with E-state index >= 15 is 0 Å². The first kappa shape index (κ1) is 23.7. The first-order valence-electron chi connectivity index (χ1n) is 11.1. The van der Waals surface area contributed by atoms with Crippen LogP contribution in [0.3, 0.4) is 0 Å². The van der Waals surface area contributed by atoms with Crippen molar-refractivity contribution in [2.75, 3.05) is 5.32 Å². The Labute approximate surface area is 195 Å². The summed E-state index contributed by atoms with van der Waals surface area (Å²) in [7, 11) is 1.77. The molecule has 1 amide bonds. The molecular weight excluding hydrogens is 444 g/mol. The van der Waals surface area contributed by atoms with Crippen LogP contribution in [-0.2, 0) is 11.8 Å². The smallest absolute Gasteiger partial charge is 0.434 e. The fourth-order valence-electron chi connectivity index (χ4n) is 3.90. The number of pyridine rings is 1. The average Bonchev–Trinajstić information content (AvgIpc) is 3.18. The third-order valence-electron chi connectivity index (χ3n) is 5.38. The summed E-state index contributed by atoms with van der Waals surface area (Å²) < 4.78 is 34.1. The molecular formula is C23H27F2N7O2. The van der Waals surface area contributed by atoms with Crippen molar-refractivity contribution < 1.29 is 18.3 Å². The number of aromatic nitrogens is 5. The highest BCUT2D eigenvalue weighted by Gasteiger charge is 2.25. The molecule has 0 aromatic carbocycles. The van der Waals surface area contributed by atoms with Gasteiger partial charge in [0.2, 0.25) is 5.95 Å². The number of rotatable bonds is 4. The Balaban J connectivity index is 1.69. The van der Waals surface area contributed by atoms with Gasteiger partial charge in [-0.3, -0.25) is 9.67 Å². The van der Waals surface area contributed by atoms with Gasteiger partial charge in [-0.1, -0.05) is 6.42 Å². The molecule has 1 atom stereocenters. The van der Waals surface area contributed by atoms with E-state index in [1.54, 1.807) is 44.9 Å². The molecule has 1 N–H and O–H groups in total. The number of hydrogen-bond donors (Lipinski definition) is 1. The first-order valence-corrected chi connectivity index (χ1v) is 11.1. The Morgan fingerprint density at radius 1 is 1.24 bits per heavy atom. The van der Waals surface area contributed by atoms with E-state index in [0.29, 0.717) is 28.8 Å². The molecule has 0 aliphatic heterocycles. The van der Waals surface area contributed by atoms with Crippen molar-refractivity contribution in [2.24, 2.45) is 12.0 Å². The van der Waals surface area contributed by atoms with Gasteiger partial charge in [-0.2, -0.15) is 10.1 Å². The molecule has 9 nitrogen and oxygen atoms in total. The number of alkyl halides is 2. The Morgan fingerprint density at radius 2 is 2.03 bits per heavy atom. The molecule has 0 radical (unpaired) electrons. The highest BCUT2D eigenvalue weighted by Crippen LogP contribution is 2.32. The van der Waals surface area contributed by atoms with Gasteiger partial charge in [0.25, 0.3) is 6.43 Å². The summed E-state index contributed by atoms with van der Waals surface area (Å²) in [6.45, 7) is 5.35. The number of aryl methyl sites for hydroxylation is 1. The Morgan fingerprint density at radius 3 is 2.71 bits per heavy atom. The zero-order valence-corrected chi connectivity index (χ0v) is 19.5. The summed E-state index contributed by atoms with van der Waals surface area (Å²) in [6, 6.07) is -0.267. The lowest BCUT2D eigenvalue weighted by Gasteiger charge is -2.25. The second kappa shape index (κ2) is 9.40. The normalized spacial score (nSPS) is 18.0. The standard InChI is InChI=1S/C23H27F2N7O2/c1-23(2,3)34-22(33)30-17-8-6-5-7-16(17)29-21-27-11-15-18(31-21)14(10-26-19(15)20(24)25)13-9-28-32(4)12-13/h9-12,16,20H,5-8H2,1-4H3,(H,27,29,31)/t16-/m1/s1. The predicted octanol–water partition coefficient (Wildman–Crippen LogP) is 5.09. The summed E-state index contributed by atoms with van der Waals surface area (Å²) in [6.07, 6.45) is 5.95. The number of amides is 1. The van der Waals surface area contributed by atoms with Crippen LogP contribution in [-0.4, -0.2) is 48.2 Å². The topological polar surface area (TPSA) is 107 Å². The first-order chi connectivity index (χ1) is 16.1. The van der Waals surface area contributed by atoms with Crippen LogP contribution in [0.1, 0.15) is 58.6 Å². The van der Waals surface area contributed by atoms with Crippen molar-refractivity contribution >= 4 is 28.7 Å². The number of anilines is 1. The van der Waals surface area contributed by atoms with Gasteiger partial charge in [-0.05, 0) is 40.0 Å². The van der Waals surface area contributed by atoms with Crippen LogP contribution in [0.5, 0.6) is 0 Å². The number of hydrogen-bond acceptors (Lipinski definition) is 7. The molecule has 0 saturated heterocycles. The van der Waals surface area contributed by atoms with Crippen LogP contribution in [0.2, 0.25) is 0 Å². The number of aliphatic imine (C=N–C) groups is 1. The fourth-order valence-corrected chi connectivity index (χ4v) is 3.90. The molecule has 11 heteroatoms.